The molecule has 0 saturated carbocycles. The molecule has 3 heterocycles. The minimum atomic E-state index is 0.421. The molecule has 3 rings (SSSR count). The molecule has 0 aliphatic heterocycles. The van der Waals surface area contributed by atoms with Gasteiger partial charge in [0, 0.05) is 0 Å². The summed E-state index contributed by atoms with van der Waals surface area (Å²) in [4.78, 5) is 8.00. The van der Waals surface area contributed by atoms with E-state index >= 15 is 0 Å². The van der Waals surface area contributed by atoms with Crippen LogP contribution < -0.4 is 0 Å². The maximum absolute atomic E-state index is 5.81. The second kappa shape index (κ2) is 3.06. The highest BCUT2D eigenvalue weighted by molar-refractivity contribution is 6.29. The number of hydrogen-bond acceptors (Lipinski definition) is 4. The first-order valence-electron chi connectivity index (χ1n) is 4.24. The summed E-state index contributed by atoms with van der Waals surface area (Å²) in [5.41, 5.74) is 2.11. The van der Waals surface area contributed by atoms with Crippen LogP contribution in [0.25, 0.3) is 22.5 Å². The highest BCUT2D eigenvalue weighted by Gasteiger charge is 2.12. The van der Waals surface area contributed by atoms with Gasteiger partial charge in [-0.25, -0.2) is 9.97 Å². The van der Waals surface area contributed by atoms with E-state index in [4.69, 9.17) is 16.0 Å². The van der Waals surface area contributed by atoms with Crippen LogP contribution in [-0.4, -0.2) is 20.2 Å². The minimum Gasteiger partial charge on any atom is -0.442 e. The Kier molecular flexibility index (Phi) is 1.72. The van der Waals surface area contributed by atoms with E-state index in [1.54, 1.807) is 12.3 Å². The second-order valence-electron chi connectivity index (χ2n) is 2.97. The van der Waals surface area contributed by atoms with Gasteiger partial charge in [-0.2, -0.15) is 5.10 Å². The molecule has 0 atom stereocenters. The molecule has 0 spiro atoms. The number of oxazole rings is 1. The molecule has 0 saturated heterocycles. The Balaban J connectivity index is 2.32. The van der Waals surface area contributed by atoms with Crippen LogP contribution in [0.1, 0.15) is 0 Å². The Bertz CT molecular complexity index is 602. The van der Waals surface area contributed by atoms with E-state index < -0.39 is 0 Å². The average molecular weight is 221 g/mol. The molecule has 1 N–H and O–H groups in total. The van der Waals surface area contributed by atoms with Crippen molar-refractivity contribution in [3.63, 3.8) is 0 Å². The van der Waals surface area contributed by atoms with Gasteiger partial charge in [-0.05, 0) is 12.1 Å². The quantitative estimate of drug-likeness (QED) is 0.639. The first-order valence-corrected chi connectivity index (χ1v) is 4.62. The standard InChI is InChI=1S/C9H5ClN4O/c10-7-2-1-5-8(12-7)9(14-13-5)6-3-11-4-15-6/h1-4H,(H,13,14). The predicted molar refractivity (Wildman–Crippen MR) is 54.4 cm³/mol. The number of nitrogens with zero attached hydrogens (tertiary/aromatic N) is 3. The van der Waals surface area contributed by atoms with E-state index in [0.29, 0.717) is 22.1 Å². The van der Waals surface area contributed by atoms with Crippen LogP contribution in [-0.2, 0) is 0 Å². The van der Waals surface area contributed by atoms with Crippen molar-refractivity contribution < 1.29 is 4.42 Å². The third-order valence-corrected chi connectivity index (χ3v) is 2.25. The van der Waals surface area contributed by atoms with Crippen molar-refractivity contribution in [2.45, 2.75) is 0 Å². The van der Waals surface area contributed by atoms with Crippen molar-refractivity contribution in [1.29, 1.82) is 0 Å². The SMILES string of the molecule is Clc1ccc2[nH]nc(-c3cnco3)c2n1. The van der Waals surface area contributed by atoms with Crippen LogP contribution in [0, 0.1) is 0 Å². The summed E-state index contributed by atoms with van der Waals surface area (Å²) in [6.45, 7) is 0. The molecule has 0 radical (unpaired) electrons. The molecule has 0 bridgehead atoms. The van der Waals surface area contributed by atoms with E-state index in [1.807, 2.05) is 6.07 Å². The van der Waals surface area contributed by atoms with Gasteiger partial charge < -0.3 is 4.42 Å². The Morgan fingerprint density at radius 1 is 1.33 bits per heavy atom. The third-order valence-electron chi connectivity index (χ3n) is 2.04. The van der Waals surface area contributed by atoms with Crippen molar-refractivity contribution >= 4 is 22.6 Å². The van der Waals surface area contributed by atoms with E-state index in [-0.39, 0.29) is 0 Å². The first-order chi connectivity index (χ1) is 7.34. The maximum Gasteiger partial charge on any atom is 0.181 e. The number of fused-ring (bicyclic) bond motifs is 1. The number of nitrogens with one attached hydrogen (secondary N) is 1. The number of H-pyrrole nitrogens is 1. The monoisotopic (exact) mass is 220 g/mol. The van der Waals surface area contributed by atoms with Gasteiger partial charge in [-0.3, -0.25) is 5.10 Å². The normalized spacial score (nSPS) is 11.0. The molecule has 0 amide bonds. The lowest BCUT2D eigenvalue weighted by Crippen LogP contribution is -1.78. The fourth-order valence-electron chi connectivity index (χ4n) is 1.38. The zero-order chi connectivity index (χ0) is 10.3. The van der Waals surface area contributed by atoms with Crippen LogP contribution in [0.15, 0.2) is 29.1 Å². The van der Waals surface area contributed by atoms with Gasteiger partial charge in [0.1, 0.15) is 10.7 Å². The summed E-state index contributed by atoms with van der Waals surface area (Å²) in [6, 6.07) is 3.52. The van der Waals surface area contributed by atoms with Gasteiger partial charge in [0.15, 0.2) is 17.8 Å². The lowest BCUT2D eigenvalue weighted by Gasteiger charge is -1.91. The largest absolute Gasteiger partial charge is 0.442 e. The molecule has 0 fully saturated rings. The molecule has 0 aliphatic rings. The van der Waals surface area contributed by atoms with Gasteiger partial charge in [0.05, 0.1) is 11.7 Å². The molecule has 0 aliphatic carbocycles. The fraction of sp³-hybridized carbons (Fsp3) is 0. The smallest absolute Gasteiger partial charge is 0.181 e. The summed E-state index contributed by atoms with van der Waals surface area (Å²) in [5, 5.41) is 7.36. The number of halogens is 1. The number of aromatic amines is 1. The van der Waals surface area contributed by atoms with E-state index in [1.165, 1.54) is 6.39 Å². The van der Waals surface area contributed by atoms with Crippen molar-refractivity contribution in [3.05, 3.63) is 29.9 Å². The molecular formula is C9H5ClN4O. The van der Waals surface area contributed by atoms with Crippen LogP contribution in [0.4, 0.5) is 0 Å². The molecule has 5 nitrogen and oxygen atoms in total. The average Bonchev–Trinajstić information content (AvgIpc) is 2.83. The molecular weight excluding hydrogens is 216 g/mol. The zero-order valence-corrected chi connectivity index (χ0v) is 8.19. The summed E-state index contributed by atoms with van der Waals surface area (Å²) >= 11 is 5.81. The van der Waals surface area contributed by atoms with Gasteiger partial charge in [0.25, 0.3) is 0 Å². The van der Waals surface area contributed by atoms with Gasteiger partial charge in [-0.15, -0.1) is 0 Å². The molecule has 6 heteroatoms. The fourth-order valence-corrected chi connectivity index (χ4v) is 1.53. The first kappa shape index (κ1) is 8.43. The molecule has 0 aromatic carbocycles. The summed E-state index contributed by atoms with van der Waals surface area (Å²) in [5.74, 6) is 0.566. The van der Waals surface area contributed by atoms with Crippen LogP contribution in [0.2, 0.25) is 5.15 Å². The Labute approximate surface area is 89.1 Å². The number of hydrogen-bond donors (Lipinski definition) is 1. The Morgan fingerprint density at radius 3 is 3.07 bits per heavy atom. The van der Waals surface area contributed by atoms with Crippen LogP contribution in [0.5, 0.6) is 0 Å². The van der Waals surface area contributed by atoms with Crippen molar-refractivity contribution in [3.8, 4) is 11.5 Å². The van der Waals surface area contributed by atoms with Gasteiger partial charge in [0.2, 0.25) is 0 Å². The Morgan fingerprint density at radius 2 is 2.27 bits per heavy atom. The topological polar surface area (TPSA) is 67.6 Å². The van der Waals surface area contributed by atoms with E-state index in [9.17, 15) is 0 Å². The number of aromatic nitrogens is 4. The van der Waals surface area contributed by atoms with Crippen molar-refractivity contribution in [2.24, 2.45) is 0 Å². The van der Waals surface area contributed by atoms with Gasteiger partial charge >= 0.3 is 0 Å². The van der Waals surface area contributed by atoms with Crippen LogP contribution >= 0.6 is 11.6 Å². The molecule has 0 unspecified atom stereocenters. The summed E-state index contributed by atoms with van der Waals surface area (Å²) in [7, 11) is 0. The molecule has 15 heavy (non-hydrogen) atoms. The van der Waals surface area contributed by atoms with E-state index in [0.717, 1.165) is 5.52 Å². The lowest BCUT2D eigenvalue weighted by atomic mass is 10.3. The molecule has 3 aromatic heterocycles. The maximum atomic E-state index is 5.81. The minimum absolute atomic E-state index is 0.421. The zero-order valence-electron chi connectivity index (χ0n) is 7.44. The van der Waals surface area contributed by atoms with E-state index in [2.05, 4.69) is 20.2 Å². The summed E-state index contributed by atoms with van der Waals surface area (Å²) < 4.78 is 5.15. The number of rotatable bonds is 1. The molecule has 74 valence electrons. The van der Waals surface area contributed by atoms with Gasteiger partial charge in [-0.1, -0.05) is 11.6 Å². The third kappa shape index (κ3) is 1.28. The van der Waals surface area contributed by atoms with Crippen molar-refractivity contribution in [1.82, 2.24) is 20.2 Å². The van der Waals surface area contributed by atoms with Crippen molar-refractivity contribution in [2.75, 3.05) is 0 Å². The Hall–Kier alpha value is -1.88. The highest BCUT2D eigenvalue weighted by atomic mass is 35.5. The van der Waals surface area contributed by atoms with Crippen LogP contribution in [0.3, 0.4) is 0 Å². The predicted octanol–water partition coefficient (Wildman–Crippen LogP) is 2.27. The summed E-state index contributed by atoms with van der Waals surface area (Å²) in [6.07, 6.45) is 2.93. The molecule has 3 aromatic rings. The second-order valence-corrected chi connectivity index (χ2v) is 3.36. The number of pyridine rings is 1. The highest BCUT2D eigenvalue weighted by Crippen LogP contribution is 2.25. The lowest BCUT2D eigenvalue weighted by molar-refractivity contribution is 0.570.